The van der Waals surface area contributed by atoms with E-state index >= 15 is 0 Å². The summed E-state index contributed by atoms with van der Waals surface area (Å²) in [4.78, 5) is 7.37. The highest BCUT2D eigenvalue weighted by Crippen LogP contribution is 2.34. The Hall–Kier alpha value is -3.22. The Kier molecular flexibility index (Phi) is 7.51. The summed E-state index contributed by atoms with van der Waals surface area (Å²) in [5, 5.41) is 23.3. The van der Waals surface area contributed by atoms with Gasteiger partial charge in [-0.2, -0.15) is 0 Å². The number of aromatic amines is 1. The zero-order chi connectivity index (χ0) is 24.3. The van der Waals surface area contributed by atoms with Crippen LogP contribution < -0.4 is 15.9 Å². The molecule has 7 heteroatoms. The van der Waals surface area contributed by atoms with Crippen molar-refractivity contribution < 1.29 is 13.9 Å². The lowest BCUT2D eigenvalue weighted by molar-refractivity contribution is 0.354. The molecule has 1 aliphatic rings. The maximum atomic E-state index is 14.0. The number of nitrogens with zero attached hydrogens (tertiary/aromatic N) is 1. The van der Waals surface area contributed by atoms with Crippen molar-refractivity contribution in [3.05, 3.63) is 63.0 Å². The fraction of sp³-hybridized carbons (Fsp3) is 0.385. The predicted molar refractivity (Wildman–Crippen MR) is 131 cm³/mol. The maximum Gasteiger partial charge on any atom is 0.198 e. The number of aromatic nitrogens is 1. The van der Waals surface area contributed by atoms with Crippen molar-refractivity contribution in [3.8, 4) is 5.88 Å². The van der Waals surface area contributed by atoms with E-state index in [1.165, 1.54) is 19.1 Å². The van der Waals surface area contributed by atoms with Gasteiger partial charge < -0.3 is 15.4 Å². The number of halogens is 2. The first-order chi connectivity index (χ1) is 15.6. The third-order valence-electron chi connectivity index (χ3n) is 5.97. The number of benzene rings is 1. The van der Waals surface area contributed by atoms with Crippen LogP contribution in [-0.4, -0.2) is 34.4 Å². The molecule has 3 rings (SSSR count). The number of hydrogen-bond acceptors (Lipinski definition) is 3. The van der Waals surface area contributed by atoms with Gasteiger partial charge >= 0.3 is 0 Å². The molecule has 3 atom stereocenters. The van der Waals surface area contributed by atoms with Gasteiger partial charge in [0.05, 0.1) is 11.3 Å². The molecule has 0 aliphatic heterocycles. The Bertz CT molecular complexity index is 1220. The van der Waals surface area contributed by atoms with Crippen LogP contribution in [0.2, 0.25) is 0 Å². The summed E-state index contributed by atoms with van der Waals surface area (Å²) < 4.78 is 27.1. The summed E-state index contributed by atoms with van der Waals surface area (Å²) in [5.74, 6) is -0.200. The van der Waals surface area contributed by atoms with E-state index in [1.807, 2.05) is 6.92 Å². The van der Waals surface area contributed by atoms with Crippen molar-refractivity contribution in [2.45, 2.75) is 53.1 Å². The molecule has 1 aliphatic carbocycles. The van der Waals surface area contributed by atoms with Gasteiger partial charge in [0.25, 0.3) is 0 Å². The number of fused-ring (bicyclic) bond motifs is 1. The molecule has 0 amide bonds. The average molecular weight is 455 g/mol. The largest absolute Gasteiger partial charge is 0.494 e. The minimum absolute atomic E-state index is 0.0119. The van der Waals surface area contributed by atoms with E-state index < -0.39 is 6.17 Å². The molecule has 0 bridgehead atoms. The summed E-state index contributed by atoms with van der Waals surface area (Å²) in [6, 6.07) is 4.84. The minimum Gasteiger partial charge on any atom is -0.494 e. The Balaban J connectivity index is 2.03. The molecule has 3 unspecified atom stereocenters. The van der Waals surface area contributed by atoms with Crippen LogP contribution in [0, 0.1) is 24.1 Å². The van der Waals surface area contributed by atoms with Crippen LogP contribution in [0.25, 0.3) is 12.2 Å². The lowest BCUT2D eigenvalue weighted by Crippen LogP contribution is -2.34. The first-order valence-corrected chi connectivity index (χ1v) is 11.2. The van der Waals surface area contributed by atoms with Crippen LogP contribution >= 0.6 is 0 Å². The van der Waals surface area contributed by atoms with E-state index in [2.05, 4.69) is 34.4 Å². The van der Waals surface area contributed by atoms with Gasteiger partial charge in [0.15, 0.2) is 5.88 Å². The number of aryl methyl sites for hydroxylation is 1. The fourth-order valence-corrected chi connectivity index (χ4v) is 4.30. The van der Waals surface area contributed by atoms with Gasteiger partial charge in [-0.25, -0.2) is 13.8 Å². The normalized spacial score (nSPS) is 19.4. The molecule has 176 valence electrons. The highest BCUT2D eigenvalue weighted by atomic mass is 19.1. The highest BCUT2D eigenvalue weighted by molar-refractivity contribution is 6.09. The molecule has 0 fully saturated rings. The Morgan fingerprint density at radius 2 is 2.06 bits per heavy atom. The molecule has 2 aromatic rings. The number of allylic oxidation sites excluding steroid dienone is 1. The van der Waals surface area contributed by atoms with Gasteiger partial charge in [-0.1, -0.05) is 25.1 Å². The molecule has 0 radical (unpaired) electrons. The van der Waals surface area contributed by atoms with Gasteiger partial charge in [-0.3, -0.25) is 5.41 Å². The number of nitrogens with one attached hydrogen (secondary N) is 3. The molecule has 1 aromatic carbocycles. The topological polar surface area (TPSA) is 84.3 Å². The van der Waals surface area contributed by atoms with Crippen LogP contribution in [0.15, 0.2) is 35.0 Å². The number of hydrogen-bond donors (Lipinski definition) is 4. The van der Waals surface area contributed by atoms with E-state index in [9.17, 15) is 13.9 Å². The molecule has 5 nitrogen and oxygen atoms in total. The molecule has 1 aromatic heterocycles. The van der Waals surface area contributed by atoms with Crippen LogP contribution in [0.1, 0.15) is 56.7 Å². The van der Waals surface area contributed by atoms with Gasteiger partial charge in [0, 0.05) is 34.8 Å². The summed E-state index contributed by atoms with van der Waals surface area (Å²) in [6.07, 6.45) is 5.52. The average Bonchev–Trinajstić information content (AvgIpc) is 3.07. The second kappa shape index (κ2) is 10.1. The van der Waals surface area contributed by atoms with Crippen molar-refractivity contribution in [2.75, 3.05) is 6.54 Å². The number of amidine groups is 1. The first kappa shape index (κ1) is 24.4. The van der Waals surface area contributed by atoms with Crippen LogP contribution in [0.3, 0.4) is 0 Å². The molecule has 0 saturated heterocycles. The zero-order valence-electron chi connectivity index (χ0n) is 19.8. The van der Waals surface area contributed by atoms with E-state index in [0.717, 1.165) is 28.1 Å². The van der Waals surface area contributed by atoms with E-state index in [4.69, 9.17) is 5.41 Å². The van der Waals surface area contributed by atoms with E-state index in [1.54, 1.807) is 26.0 Å². The maximum absolute atomic E-state index is 14.0. The second-order valence-electron chi connectivity index (χ2n) is 8.68. The third-order valence-corrected chi connectivity index (χ3v) is 5.97. The summed E-state index contributed by atoms with van der Waals surface area (Å²) in [5.41, 5.74) is 3.57. The smallest absolute Gasteiger partial charge is 0.198 e. The zero-order valence-corrected chi connectivity index (χ0v) is 19.8. The molecule has 0 spiro atoms. The van der Waals surface area contributed by atoms with Crippen molar-refractivity contribution in [1.29, 1.82) is 5.41 Å². The Morgan fingerprint density at radius 3 is 2.73 bits per heavy atom. The van der Waals surface area contributed by atoms with Crippen molar-refractivity contribution >= 4 is 23.7 Å². The second-order valence-corrected chi connectivity index (χ2v) is 8.68. The minimum atomic E-state index is -0.996. The number of aromatic hydroxyl groups is 1. The Morgan fingerprint density at radius 1 is 1.33 bits per heavy atom. The number of alkyl halides is 1. The summed E-state index contributed by atoms with van der Waals surface area (Å²) >= 11 is 0. The third kappa shape index (κ3) is 5.59. The van der Waals surface area contributed by atoms with Gasteiger partial charge in [0.2, 0.25) is 0 Å². The van der Waals surface area contributed by atoms with Crippen molar-refractivity contribution in [1.82, 2.24) is 10.3 Å². The van der Waals surface area contributed by atoms with Crippen LogP contribution in [-0.2, 0) is 0 Å². The number of rotatable bonds is 7. The standard InChI is InChI=1S/C26H32F2N4O/c1-6-18-10-23-22(12-21(18)20-11-19(28)8-7-14(20)2)25(26(33)32-23)17(5)31-24(29)9-16(4)30-13-15(3)27/h7-12,15,18,21,29-30,32-33H,6,13H2,1-5H3/b16-9-,29-24?,31-17?. The van der Waals surface area contributed by atoms with Crippen LogP contribution in [0.5, 0.6) is 5.88 Å². The Labute approximate surface area is 193 Å². The molecule has 33 heavy (non-hydrogen) atoms. The predicted octanol–water partition coefficient (Wildman–Crippen LogP) is 4.19. The quantitative estimate of drug-likeness (QED) is 0.374. The highest BCUT2D eigenvalue weighted by Gasteiger charge is 2.25. The monoisotopic (exact) mass is 454 g/mol. The summed E-state index contributed by atoms with van der Waals surface area (Å²) in [6.45, 7) is 9.17. The molecule has 0 saturated carbocycles. The van der Waals surface area contributed by atoms with Crippen molar-refractivity contribution in [3.63, 3.8) is 0 Å². The lowest BCUT2D eigenvalue weighted by Gasteiger charge is -2.25. The van der Waals surface area contributed by atoms with Crippen molar-refractivity contribution in [2.24, 2.45) is 10.9 Å². The fourth-order valence-electron chi connectivity index (χ4n) is 4.30. The van der Waals surface area contributed by atoms with E-state index in [0.29, 0.717) is 17.0 Å². The van der Waals surface area contributed by atoms with E-state index in [-0.39, 0.29) is 35.9 Å². The van der Waals surface area contributed by atoms with Gasteiger partial charge in [0.1, 0.15) is 17.8 Å². The molecule has 4 N–H and O–H groups in total. The van der Waals surface area contributed by atoms with Crippen LogP contribution in [0.4, 0.5) is 8.78 Å². The van der Waals surface area contributed by atoms with Gasteiger partial charge in [-0.15, -0.1) is 0 Å². The number of H-pyrrole nitrogens is 1. The molecular formula is C26H32F2N4O. The SMILES string of the molecule is CCC1C=c2[nH]c(O)c(C(C)=NC(=N)/C=C(/C)NCC(C)F)c2=CC1c1cc(F)ccc1C. The lowest BCUT2D eigenvalue weighted by atomic mass is 9.79. The first-order valence-electron chi connectivity index (χ1n) is 11.2. The molecular weight excluding hydrogens is 422 g/mol. The van der Waals surface area contributed by atoms with Gasteiger partial charge in [-0.05, 0) is 63.3 Å². The number of aliphatic imine (C=N–C) groups is 1. The summed E-state index contributed by atoms with van der Waals surface area (Å²) in [7, 11) is 0. The molecule has 1 heterocycles.